The summed E-state index contributed by atoms with van der Waals surface area (Å²) in [5.74, 6) is 2.88. The second-order valence-corrected chi connectivity index (χ2v) is 13.4. The zero-order valence-corrected chi connectivity index (χ0v) is 20.5. The summed E-state index contributed by atoms with van der Waals surface area (Å²) in [7, 11) is -4.15. The van der Waals surface area contributed by atoms with Crippen LogP contribution < -0.4 is 0 Å². The van der Waals surface area contributed by atoms with Gasteiger partial charge in [-0.2, -0.15) is 0 Å². The van der Waals surface area contributed by atoms with Crippen LogP contribution in [0.25, 0.3) is 0 Å². The van der Waals surface area contributed by atoms with E-state index in [0.717, 1.165) is 43.3 Å². The number of fused-ring (bicyclic) bond motifs is 2. The predicted molar refractivity (Wildman–Crippen MR) is 120 cm³/mol. The molecule has 0 radical (unpaired) electrons. The van der Waals surface area contributed by atoms with E-state index in [1.165, 1.54) is 19.3 Å². The van der Waals surface area contributed by atoms with E-state index in [9.17, 15) is 22.6 Å². The van der Waals surface area contributed by atoms with Gasteiger partial charge in [0.25, 0.3) is 0 Å². The standard InChI is InChI=1S/C12H23O2S.C10H16O4S/c1-2-3-4-5-6-12(13)11-15-9-7-14-8-10-15;1-9(2)6-4-5-10(9,3)8(11)7(6)15(12,13)14/h2-11H2,1H3;6-7H,4-5H2,1-3H3,(H,12,13,14)/q+1;/p-1. The van der Waals surface area contributed by atoms with Gasteiger partial charge in [0.2, 0.25) is 0 Å². The molecular weight excluding hydrogens is 424 g/mol. The topological polar surface area (TPSA) is 101 Å². The minimum atomic E-state index is -4.49. The molecule has 174 valence electrons. The third kappa shape index (κ3) is 5.67. The number of hydrogen-bond donors (Lipinski definition) is 0. The van der Waals surface area contributed by atoms with Crippen LogP contribution in [0.5, 0.6) is 0 Å². The van der Waals surface area contributed by atoms with Gasteiger partial charge in [-0.15, -0.1) is 0 Å². The number of Topliss-reactive ketones (excluding diaryl/α,β-unsaturated/α-hetero) is 2. The molecule has 3 rings (SSSR count). The third-order valence-electron chi connectivity index (χ3n) is 7.49. The minimum absolute atomic E-state index is 0.294. The van der Waals surface area contributed by atoms with Crippen LogP contribution in [0, 0.1) is 16.7 Å². The lowest BCUT2D eigenvalue weighted by Gasteiger charge is -2.32. The molecule has 0 aromatic rings. The molecule has 0 aromatic carbocycles. The van der Waals surface area contributed by atoms with Crippen LogP contribution in [0.3, 0.4) is 0 Å². The van der Waals surface area contributed by atoms with Crippen LogP contribution in [0.2, 0.25) is 0 Å². The Bertz CT molecular complexity index is 711. The summed E-state index contributed by atoms with van der Waals surface area (Å²) in [5, 5.41) is -1.30. The lowest BCUT2D eigenvalue weighted by atomic mass is 9.70. The molecular formula is C22H38O6S2. The van der Waals surface area contributed by atoms with Crippen molar-refractivity contribution in [2.24, 2.45) is 16.7 Å². The molecule has 1 aliphatic heterocycles. The lowest BCUT2D eigenvalue weighted by Crippen LogP contribution is -2.38. The molecule has 2 aliphatic carbocycles. The van der Waals surface area contributed by atoms with Crippen LogP contribution in [0.4, 0.5) is 0 Å². The van der Waals surface area contributed by atoms with E-state index in [0.29, 0.717) is 29.5 Å². The Balaban J connectivity index is 0.000000214. The molecule has 2 saturated carbocycles. The van der Waals surface area contributed by atoms with Gasteiger partial charge < -0.3 is 9.29 Å². The summed E-state index contributed by atoms with van der Waals surface area (Å²) < 4.78 is 38.6. The number of carbonyl (C=O) groups is 2. The first-order valence-corrected chi connectivity index (χ1v) is 14.4. The van der Waals surface area contributed by atoms with Gasteiger partial charge in [-0.1, -0.05) is 47.0 Å². The molecule has 0 N–H and O–H groups in total. The molecule has 2 bridgehead atoms. The van der Waals surface area contributed by atoms with Crippen molar-refractivity contribution in [3.05, 3.63) is 0 Å². The second kappa shape index (κ2) is 10.5. The van der Waals surface area contributed by atoms with Gasteiger partial charge in [-0.05, 0) is 41.5 Å². The van der Waals surface area contributed by atoms with Crippen LogP contribution in [0.15, 0.2) is 0 Å². The molecule has 0 aromatic heterocycles. The lowest BCUT2D eigenvalue weighted by molar-refractivity contribution is -0.128. The summed E-state index contributed by atoms with van der Waals surface area (Å²) in [6.45, 7) is 9.52. The molecule has 8 heteroatoms. The molecule has 3 aliphatic rings. The predicted octanol–water partition coefficient (Wildman–Crippen LogP) is 3.10. The summed E-state index contributed by atoms with van der Waals surface area (Å²) in [6.07, 6.45) is 7.02. The maximum atomic E-state index is 12.0. The van der Waals surface area contributed by atoms with E-state index in [1.54, 1.807) is 6.92 Å². The molecule has 3 fully saturated rings. The Labute approximate surface area is 185 Å². The highest BCUT2D eigenvalue weighted by atomic mass is 32.2. The minimum Gasteiger partial charge on any atom is -0.747 e. The number of ether oxygens (including phenoxy) is 1. The Hall–Kier alpha value is -0.440. The number of hydrogen-bond acceptors (Lipinski definition) is 6. The second-order valence-electron chi connectivity index (χ2n) is 9.60. The van der Waals surface area contributed by atoms with E-state index in [4.69, 9.17) is 4.74 Å². The molecule has 1 saturated heterocycles. The molecule has 0 amide bonds. The van der Waals surface area contributed by atoms with Gasteiger partial charge in [0.15, 0.2) is 17.3 Å². The normalized spacial score (nSPS) is 30.8. The molecule has 3 unspecified atom stereocenters. The largest absolute Gasteiger partial charge is 0.747 e. The van der Waals surface area contributed by atoms with E-state index < -0.39 is 20.8 Å². The average molecular weight is 463 g/mol. The maximum Gasteiger partial charge on any atom is 0.181 e. The van der Waals surface area contributed by atoms with Gasteiger partial charge in [0.05, 0.1) is 13.2 Å². The highest BCUT2D eigenvalue weighted by Crippen LogP contribution is 2.64. The first-order chi connectivity index (χ1) is 13.9. The fourth-order valence-corrected chi connectivity index (χ4v) is 8.29. The summed E-state index contributed by atoms with van der Waals surface area (Å²) in [6, 6.07) is 0. The highest BCUT2D eigenvalue weighted by molar-refractivity contribution is 7.97. The zero-order valence-electron chi connectivity index (χ0n) is 18.9. The smallest absolute Gasteiger partial charge is 0.181 e. The Morgan fingerprint density at radius 2 is 1.80 bits per heavy atom. The van der Waals surface area contributed by atoms with Crippen LogP contribution in [-0.2, 0) is 35.3 Å². The molecule has 6 nitrogen and oxygen atoms in total. The van der Waals surface area contributed by atoms with E-state index >= 15 is 0 Å². The molecule has 3 atom stereocenters. The Kier molecular flexibility index (Phi) is 8.99. The van der Waals surface area contributed by atoms with Crippen molar-refractivity contribution in [2.45, 2.75) is 77.9 Å². The van der Waals surface area contributed by atoms with E-state index in [1.807, 2.05) is 13.8 Å². The molecule has 0 spiro atoms. The summed E-state index contributed by atoms with van der Waals surface area (Å²) in [4.78, 5) is 23.6. The Morgan fingerprint density at radius 3 is 2.27 bits per heavy atom. The van der Waals surface area contributed by atoms with Crippen molar-refractivity contribution in [1.82, 2.24) is 0 Å². The van der Waals surface area contributed by atoms with Crippen molar-refractivity contribution in [3.63, 3.8) is 0 Å². The molecule has 1 heterocycles. The third-order valence-corrected chi connectivity index (χ3v) is 10.9. The van der Waals surface area contributed by atoms with Crippen molar-refractivity contribution in [3.8, 4) is 0 Å². The maximum absolute atomic E-state index is 12.0. The fraction of sp³-hybridized carbons (Fsp3) is 0.909. The van der Waals surface area contributed by atoms with Crippen molar-refractivity contribution < 1.29 is 27.3 Å². The first kappa shape index (κ1) is 25.8. The highest BCUT2D eigenvalue weighted by Gasteiger charge is 2.67. The van der Waals surface area contributed by atoms with Crippen LogP contribution >= 0.6 is 0 Å². The number of carbonyl (C=O) groups excluding carboxylic acids is 2. The Morgan fingerprint density at radius 1 is 1.17 bits per heavy atom. The number of rotatable bonds is 8. The van der Waals surface area contributed by atoms with Gasteiger partial charge in [0, 0.05) is 11.8 Å². The monoisotopic (exact) mass is 462 g/mol. The molecule has 30 heavy (non-hydrogen) atoms. The van der Waals surface area contributed by atoms with Crippen LogP contribution in [-0.4, -0.2) is 60.3 Å². The quantitative estimate of drug-likeness (QED) is 0.312. The summed E-state index contributed by atoms with van der Waals surface area (Å²) in [5.41, 5.74) is -0.994. The van der Waals surface area contributed by atoms with Crippen molar-refractivity contribution >= 4 is 32.6 Å². The van der Waals surface area contributed by atoms with Crippen molar-refractivity contribution in [1.29, 1.82) is 0 Å². The van der Waals surface area contributed by atoms with Crippen molar-refractivity contribution in [2.75, 3.05) is 30.5 Å². The first-order valence-electron chi connectivity index (χ1n) is 11.2. The van der Waals surface area contributed by atoms with Gasteiger partial charge in [-0.25, -0.2) is 8.42 Å². The van der Waals surface area contributed by atoms with Gasteiger partial charge >= 0.3 is 0 Å². The average Bonchev–Trinajstić information content (AvgIpc) is 2.98. The zero-order chi connectivity index (χ0) is 22.6. The van der Waals surface area contributed by atoms with E-state index in [2.05, 4.69) is 6.92 Å². The van der Waals surface area contributed by atoms with E-state index in [-0.39, 0.29) is 17.1 Å². The van der Waals surface area contributed by atoms with Crippen LogP contribution in [0.1, 0.15) is 72.6 Å². The number of ketones is 2. The SMILES string of the molecule is CC12CCC(C(S(=O)(=O)[O-])C1=O)C2(C)C.CCCCCCC(=O)C[S+]1CCOCC1. The fourth-order valence-electron chi connectivity index (χ4n) is 5.09. The van der Waals surface area contributed by atoms with Gasteiger partial charge in [-0.3, -0.25) is 9.59 Å². The van der Waals surface area contributed by atoms with Gasteiger partial charge in [0.1, 0.15) is 26.9 Å². The summed E-state index contributed by atoms with van der Waals surface area (Å²) >= 11 is 0. The number of unbranched alkanes of at least 4 members (excludes halogenated alkanes) is 3.